The molecule has 4 nitrogen and oxygen atoms in total. The number of rotatable bonds is 4. The van der Waals surface area contributed by atoms with Crippen molar-refractivity contribution in [3.8, 4) is 11.1 Å². The van der Waals surface area contributed by atoms with E-state index in [1.807, 2.05) is 44.2 Å². The third-order valence-corrected chi connectivity index (χ3v) is 3.54. The number of benzene rings is 2. The highest BCUT2D eigenvalue weighted by molar-refractivity contribution is 5.99. The Labute approximate surface area is 135 Å². The quantitative estimate of drug-likeness (QED) is 0.688. The lowest BCUT2D eigenvalue weighted by Crippen LogP contribution is -2.03. The van der Waals surface area contributed by atoms with E-state index in [0.29, 0.717) is 5.56 Å². The Kier molecular flexibility index (Phi) is 4.96. The molecule has 0 aliphatic carbocycles. The van der Waals surface area contributed by atoms with E-state index in [0.717, 1.165) is 22.3 Å². The van der Waals surface area contributed by atoms with Gasteiger partial charge in [0, 0.05) is 6.08 Å². The van der Waals surface area contributed by atoms with Crippen LogP contribution in [0.25, 0.3) is 17.2 Å². The van der Waals surface area contributed by atoms with Crippen LogP contribution in [0, 0.1) is 13.8 Å². The highest BCUT2D eigenvalue weighted by atomic mass is 16.5. The first-order valence-electron chi connectivity index (χ1n) is 7.14. The zero-order valence-electron chi connectivity index (χ0n) is 13.3. The Hall–Kier alpha value is -2.88. The lowest BCUT2D eigenvalue weighted by atomic mass is 9.90. The van der Waals surface area contributed by atoms with Gasteiger partial charge < -0.3 is 9.84 Å². The van der Waals surface area contributed by atoms with E-state index in [9.17, 15) is 14.7 Å². The van der Waals surface area contributed by atoms with Crippen molar-refractivity contribution in [1.82, 2.24) is 0 Å². The Bertz CT molecular complexity index is 788. The van der Waals surface area contributed by atoms with Crippen LogP contribution in [0.1, 0.15) is 27.0 Å². The van der Waals surface area contributed by atoms with Crippen molar-refractivity contribution in [2.75, 3.05) is 7.11 Å². The van der Waals surface area contributed by atoms with Gasteiger partial charge in [0.2, 0.25) is 0 Å². The molecule has 0 aliphatic heterocycles. The minimum Gasteiger partial charge on any atom is -0.478 e. The van der Waals surface area contributed by atoms with Gasteiger partial charge in [-0.2, -0.15) is 0 Å². The fourth-order valence-electron chi connectivity index (χ4n) is 2.59. The summed E-state index contributed by atoms with van der Waals surface area (Å²) in [5.74, 6) is -1.43. The van der Waals surface area contributed by atoms with Gasteiger partial charge in [0.15, 0.2) is 0 Å². The average molecular weight is 310 g/mol. The first-order chi connectivity index (χ1) is 10.9. The van der Waals surface area contributed by atoms with Crippen molar-refractivity contribution >= 4 is 18.0 Å². The standard InChI is InChI=1S/C19H18O4/c1-12-10-13(2)18(16(11-12)19(21)22)15-7-5-4-6-14(15)8-9-17(20)23-3/h4-11H,1-3H3,(H,21,22). The number of carbonyl (C=O) groups is 2. The van der Waals surface area contributed by atoms with Crippen LogP contribution in [0.4, 0.5) is 0 Å². The molecule has 23 heavy (non-hydrogen) atoms. The van der Waals surface area contributed by atoms with Crippen LogP contribution in [-0.4, -0.2) is 24.2 Å². The molecule has 0 saturated heterocycles. The summed E-state index contributed by atoms with van der Waals surface area (Å²) in [6.07, 6.45) is 2.95. The third kappa shape index (κ3) is 3.66. The third-order valence-electron chi connectivity index (χ3n) is 3.54. The molecular weight excluding hydrogens is 292 g/mol. The number of carbonyl (C=O) groups excluding carboxylic acids is 1. The molecule has 2 rings (SSSR count). The normalized spacial score (nSPS) is 10.7. The van der Waals surface area contributed by atoms with E-state index in [1.54, 1.807) is 12.1 Å². The fourth-order valence-corrected chi connectivity index (χ4v) is 2.59. The first kappa shape index (κ1) is 16.5. The number of aryl methyl sites for hydroxylation is 2. The predicted molar refractivity (Wildman–Crippen MR) is 89.4 cm³/mol. The molecule has 0 heterocycles. The summed E-state index contributed by atoms with van der Waals surface area (Å²) >= 11 is 0. The van der Waals surface area contributed by atoms with E-state index in [4.69, 9.17) is 0 Å². The summed E-state index contributed by atoms with van der Waals surface area (Å²) in [7, 11) is 1.31. The van der Waals surface area contributed by atoms with Crippen LogP contribution in [0.15, 0.2) is 42.5 Å². The summed E-state index contributed by atoms with van der Waals surface area (Å²) in [6, 6.07) is 11.0. The second-order valence-corrected chi connectivity index (χ2v) is 5.25. The van der Waals surface area contributed by atoms with Gasteiger partial charge in [-0.1, -0.05) is 30.3 Å². The lowest BCUT2D eigenvalue weighted by Gasteiger charge is -2.14. The van der Waals surface area contributed by atoms with Gasteiger partial charge in [-0.25, -0.2) is 9.59 Å². The maximum absolute atomic E-state index is 11.6. The summed E-state index contributed by atoms with van der Waals surface area (Å²) in [6.45, 7) is 3.75. The number of methoxy groups -OCH3 is 1. The van der Waals surface area contributed by atoms with Crippen molar-refractivity contribution < 1.29 is 19.4 Å². The summed E-state index contributed by atoms with van der Waals surface area (Å²) in [4.78, 5) is 22.9. The molecule has 0 radical (unpaired) electrons. The molecule has 1 N–H and O–H groups in total. The van der Waals surface area contributed by atoms with E-state index < -0.39 is 11.9 Å². The number of carboxylic acid groups (broad SMARTS) is 1. The van der Waals surface area contributed by atoms with Crippen molar-refractivity contribution in [3.63, 3.8) is 0 Å². The van der Waals surface area contributed by atoms with Crippen molar-refractivity contribution in [3.05, 3.63) is 64.7 Å². The number of hydrogen-bond acceptors (Lipinski definition) is 3. The molecular formula is C19H18O4. The van der Waals surface area contributed by atoms with Crippen LogP contribution in [-0.2, 0) is 9.53 Å². The molecule has 2 aromatic carbocycles. The monoisotopic (exact) mass is 310 g/mol. The molecule has 0 fully saturated rings. The maximum atomic E-state index is 11.6. The number of carboxylic acids is 1. The number of esters is 1. The highest BCUT2D eigenvalue weighted by Gasteiger charge is 2.16. The van der Waals surface area contributed by atoms with Gasteiger partial charge in [-0.3, -0.25) is 0 Å². The summed E-state index contributed by atoms with van der Waals surface area (Å²) < 4.78 is 4.60. The van der Waals surface area contributed by atoms with Gasteiger partial charge in [-0.05, 0) is 53.8 Å². The molecule has 0 atom stereocenters. The van der Waals surface area contributed by atoms with Crippen LogP contribution < -0.4 is 0 Å². The Morgan fingerprint density at radius 1 is 1.13 bits per heavy atom. The summed E-state index contributed by atoms with van der Waals surface area (Å²) in [5, 5.41) is 9.53. The van der Waals surface area contributed by atoms with Crippen LogP contribution in [0.2, 0.25) is 0 Å². The molecule has 0 aromatic heterocycles. The molecule has 0 bridgehead atoms. The van der Waals surface area contributed by atoms with Crippen LogP contribution >= 0.6 is 0 Å². The second kappa shape index (κ2) is 6.92. The van der Waals surface area contributed by atoms with Crippen molar-refractivity contribution in [1.29, 1.82) is 0 Å². The lowest BCUT2D eigenvalue weighted by molar-refractivity contribution is -0.134. The molecule has 0 spiro atoms. The Morgan fingerprint density at radius 2 is 1.83 bits per heavy atom. The van der Waals surface area contributed by atoms with Crippen LogP contribution in [0.3, 0.4) is 0 Å². The minimum atomic E-state index is -0.974. The molecule has 0 saturated carbocycles. The predicted octanol–water partition coefficient (Wildman–Crippen LogP) is 3.85. The topological polar surface area (TPSA) is 63.6 Å². The number of aromatic carboxylic acids is 1. The maximum Gasteiger partial charge on any atom is 0.336 e. The SMILES string of the molecule is COC(=O)C=Cc1ccccc1-c1c(C)cc(C)cc1C(=O)O. The number of ether oxygens (including phenoxy) is 1. The van der Waals surface area contributed by atoms with E-state index in [-0.39, 0.29) is 5.56 Å². The fraction of sp³-hybridized carbons (Fsp3) is 0.158. The van der Waals surface area contributed by atoms with E-state index in [1.165, 1.54) is 13.2 Å². The van der Waals surface area contributed by atoms with Crippen molar-refractivity contribution in [2.45, 2.75) is 13.8 Å². The van der Waals surface area contributed by atoms with Gasteiger partial charge in [0.25, 0.3) is 0 Å². The van der Waals surface area contributed by atoms with E-state index >= 15 is 0 Å². The molecule has 2 aromatic rings. The second-order valence-electron chi connectivity index (χ2n) is 5.25. The largest absolute Gasteiger partial charge is 0.478 e. The minimum absolute atomic E-state index is 0.251. The molecule has 4 heteroatoms. The average Bonchev–Trinajstić information content (AvgIpc) is 2.52. The molecule has 0 amide bonds. The molecule has 118 valence electrons. The molecule has 0 aliphatic rings. The van der Waals surface area contributed by atoms with Crippen molar-refractivity contribution in [2.24, 2.45) is 0 Å². The smallest absolute Gasteiger partial charge is 0.336 e. The van der Waals surface area contributed by atoms with Gasteiger partial charge in [0.1, 0.15) is 0 Å². The zero-order chi connectivity index (χ0) is 17.0. The zero-order valence-corrected chi connectivity index (χ0v) is 13.3. The first-order valence-corrected chi connectivity index (χ1v) is 7.14. The highest BCUT2D eigenvalue weighted by Crippen LogP contribution is 2.32. The van der Waals surface area contributed by atoms with E-state index in [2.05, 4.69) is 4.74 Å². The molecule has 0 unspecified atom stereocenters. The van der Waals surface area contributed by atoms with Gasteiger partial charge in [-0.15, -0.1) is 0 Å². The Morgan fingerprint density at radius 3 is 2.48 bits per heavy atom. The summed E-state index contributed by atoms with van der Waals surface area (Å²) in [5.41, 5.74) is 4.21. The van der Waals surface area contributed by atoms with Gasteiger partial charge in [0.05, 0.1) is 12.7 Å². The Balaban J connectivity index is 2.66. The van der Waals surface area contributed by atoms with Crippen LogP contribution in [0.5, 0.6) is 0 Å². The number of hydrogen-bond donors (Lipinski definition) is 1. The van der Waals surface area contributed by atoms with Gasteiger partial charge >= 0.3 is 11.9 Å².